The van der Waals surface area contributed by atoms with Crippen LogP contribution in [-0.4, -0.2) is 42.1 Å². The standard InChI is InChI=1S/C22H29N7/c1-5-29(6-2)22-26-20(23-16-17-11-8-7-9-12-17)25-21(27-22)24-18-13-10-14-19(15-18)28(3)4/h7-15H,5-6,16H2,1-4H3,(H2,23,24,25,26,27). The maximum Gasteiger partial charge on any atom is 0.233 e. The summed E-state index contributed by atoms with van der Waals surface area (Å²) in [5.41, 5.74) is 3.21. The van der Waals surface area contributed by atoms with Crippen LogP contribution in [0.4, 0.5) is 29.2 Å². The highest BCUT2D eigenvalue weighted by Gasteiger charge is 2.12. The molecule has 0 radical (unpaired) electrons. The largest absolute Gasteiger partial charge is 0.378 e. The molecule has 29 heavy (non-hydrogen) atoms. The van der Waals surface area contributed by atoms with Crippen molar-refractivity contribution in [3.63, 3.8) is 0 Å². The molecule has 152 valence electrons. The third-order valence-corrected chi connectivity index (χ3v) is 4.58. The zero-order valence-corrected chi connectivity index (χ0v) is 17.6. The second-order valence-corrected chi connectivity index (χ2v) is 6.86. The smallest absolute Gasteiger partial charge is 0.233 e. The molecule has 0 saturated heterocycles. The fourth-order valence-corrected chi connectivity index (χ4v) is 2.92. The Morgan fingerprint density at radius 2 is 1.55 bits per heavy atom. The number of rotatable bonds is 9. The van der Waals surface area contributed by atoms with Crippen LogP contribution in [0.1, 0.15) is 19.4 Å². The summed E-state index contributed by atoms with van der Waals surface area (Å²) in [6.45, 7) is 6.50. The van der Waals surface area contributed by atoms with Crippen molar-refractivity contribution < 1.29 is 0 Å². The lowest BCUT2D eigenvalue weighted by Crippen LogP contribution is -2.25. The highest BCUT2D eigenvalue weighted by atomic mass is 15.3. The van der Waals surface area contributed by atoms with Crippen LogP contribution < -0.4 is 20.4 Å². The molecule has 1 aromatic heterocycles. The molecule has 2 N–H and O–H groups in total. The molecule has 3 rings (SSSR count). The summed E-state index contributed by atoms with van der Waals surface area (Å²) in [5.74, 6) is 1.73. The third kappa shape index (κ3) is 5.57. The van der Waals surface area contributed by atoms with Gasteiger partial charge in [-0.3, -0.25) is 0 Å². The van der Waals surface area contributed by atoms with Gasteiger partial charge in [-0.1, -0.05) is 36.4 Å². The first kappa shape index (κ1) is 20.4. The molecule has 0 bridgehead atoms. The van der Waals surface area contributed by atoms with Crippen LogP contribution >= 0.6 is 0 Å². The number of nitrogens with one attached hydrogen (secondary N) is 2. The fraction of sp³-hybridized carbons (Fsp3) is 0.318. The van der Waals surface area contributed by atoms with Crippen molar-refractivity contribution in [1.82, 2.24) is 15.0 Å². The number of benzene rings is 2. The molecule has 0 aliphatic carbocycles. The average Bonchev–Trinajstić information content (AvgIpc) is 2.74. The van der Waals surface area contributed by atoms with Gasteiger partial charge in [0.2, 0.25) is 17.8 Å². The van der Waals surface area contributed by atoms with E-state index in [2.05, 4.69) is 73.5 Å². The molecule has 3 aromatic rings. The van der Waals surface area contributed by atoms with Crippen LogP contribution in [0.25, 0.3) is 0 Å². The van der Waals surface area contributed by atoms with Crippen molar-refractivity contribution in [1.29, 1.82) is 0 Å². The minimum absolute atomic E-state index is 0.522. The molecule has 0 atom stereocenters. The molecular weight excluding hydrogens is 362 g/mol. The van der Waals surface area contributed by atoms with Gasteiger partial charge in [-0.25, -0.2) is 0 Å². The molecule has 0 saturated carbocycles. The van der Waals surface area contributed by atoms with Crippen LogP contribution in [0.2, 0.25) is 0 Å². The van der Waals surface area contributed by atoms with E-state index in [-0.39, 0.29) is 0 Å². The van der Waals surface area contributed by atoms with Crippen LogP contribution in [0.15, 0.2) is 54.6 Å². The first-order chi connectivity index (χ1) is 14.1. The van der Waals surface area contributed by atoms with Crippen LogP contribution in [0.3, 0.4) is 0 Å². The van der Waals surface area contributed by atoms with Crippen LogP contribution in [0, 0.1) is 0 Å². The van der Waals surface area contributed by atoms with E-state index in [4.69, 9.17) is 0 Å². The number of hydrogen-bond donors (Lipinski definition) is 2. The van der Waals surface area contributed by atoms with Crippen molar-refractivity contribution in [2.45, 2.75) is 20.4 Å². The summed E-state index contributed by atoms with van der Waals surface area (Å²) in [7, 11) is 4.04. The first-order valence-electron chi connectivity index (χ1n) is 9.92. The van der Waals surface area contributed by atoms with Gasteiger partial charge in [0.1, 0.15) is 0 Å². The van der Waals surface area contributed by atoms with Gasteiger partial charge in [-0.15, -0.1) is 0 Å². The Labute approximate surface area is 172 Å². The van der Waals surface area contributed by atoms with E-state index in [1.807, 2.05) is 44.4 Å². The zero-order chi connectivity index (χ0) is 20.6. The quantitative estimate of drug-likeness (QED) is 0.568. The SMILES string of the molecule is CCN(CC)c1nc(NCc2ccccc2)nc(Nc2cccc(N(C)C)c2)n1. The summed E-state index contributed by atoms with van der Waals surface area (Å²) in [6, 6.07) is 18.4. The van der Waals surface area contributed by atoms with E-state index in [1.165, 1.54) is 5.56 Å². The molecule has 0 spiro atoms. The van der Waals surface area contributed by atoms with Gasteiger partial charge < -0.3 is 20.4 Å². The van der Waals surface area contributed by atoms with Crippen molar-refractivity contribution in [3.8, 4) is 0 Å². The fourth-order valence-electron chi connectivity index (χ4n) is 2.92. The first-order valence-corrected chi connectivity index (χ1v) is 9.92. The van der Waals surface area contributed by atoms with E-state index < -0.39 is 0 Å². The van der Waals surface area contributed by atoms with Gasteiger partial charge in [0, 0.05) is 45.1 Å². The summed E-state index contributed by atoms with van der Waals surface area (Å²) in [5, 5.41) is 6.65. The highest BCUT2D eigenvalue weighted by molar-refractivity contribution is 5.62. The summed E-state index contributed by atoms with van der Waals surface area (Å²) in [6.07, 6.45) is 0. The summed E-state index contributed by atoms with van der Waals surface area (Å²) < 4.78 is 0. The van der Waals surface area contributed by atoms with E-state index in [0.717, 1.165) is 24.5 Å². The maximum absolute atomic E-state index is 4.64. The Morgan fingerprint density at radius 3 is 2.24 bits per heavy atom. The molecule has 0 aliphatic rings. The molecule has 2 aromatic carbocycles. The van der Waals surface area contributed by atoms with Crippen molar-refractivity contribution in [2.24, 2.45) is 0 Å². The zero-order valence-electron chi connectivity index (χ0n) is 17.6. The molecule has 0 unspecified atom stereocenters. The lowest BCUT2D eigenvalue weighted by molar-refractivity contribution is 0.813. The van der Waals surface area contributed by atoms with Gasteiger partial charge in [0.25, 0.3) is 0 Å². The van der Waals surface area contributed by atoms with Crippen molar-refractivity contribution in [2.75, 3.05) is 47.6 Å². The van der Waals surface area contributed by atoms with E-state index >= 15 is 0 Å². The van der Waals surface area contributed by atoms with E-state index in [1.54, 1.807) is 0 Å². The number of hydrogen-bond acceptors (Lipinski definition) is 7. The monoisotopic (exact) mass is 391 g/mol. The van der Waals surface area contributed by atoms with Gasteiger partial charge in [-0.2, -0.15) is 15.0 Å². The van der Waals surface area contributed by atoms with Crippen molar-refractivity contribution in [3.05, 3.63) is 60.2 Å². The van der Waals surface area contributed by atoms with Crippen molar-refractivity contribution >= 4 is 29.2 Å². The van der Waals surface area contributed by atoms with Gasteiger partial charge in [0.15, 0.2) is 0 Å². The normalized spacial score (nSPS) is 10.5. The van der Waals surface area contributed by atoms with Gasteiger partial charge in [0.05, 0.1) is 0 Å². The Kier molecular flexibility index (Phi) is 6.84. The molecule has 7 heteroatoms. The van der Waals surface area contributed by atoms with Gasteiger partial charge in [-0.05, 0) is 37.6 Å². The lowest BCUT2D eigenvalue weighted by Gasteiger charge is -2.20. The van der Waals surface area contributed by atoms with E-state index in [0.29, 0.717) is 24.4 Å². The van der Waals surface area contributed by atoms with Crippen LogP contribution in [0.5, 0.6) is 0 Å². The molecule has 0 aliphatic heterocycles. The third-order valence-electron chi connectivity index (χ3n) is 4.58. The lowest BCUT2D eigenvalue weighted by atomic mass is 10.2. The Morgan fingerprint density at radius 1 is 0.828 bits per heavy atom. The minimum atomic E-state index is 0.522. The number of anilines is 5. The Hall–Kier alpha value is -3.35. The molecular formula is C22H29N7. The van der Waals surface area contributed by atoms with Gasteiger partial charge >= 0.3 is 0 Å². The molecule has 7 nitrogen and oxygen atoms in total. The van der Waals surface area contributed by atoms with E-state index in [9.17, 15) is 0 Å². The highest BCUT2D eigenvalue weighted by Crippen LogP contribution is 2.22. The number of nitrogens with zero attached hydrogens (tertiary/aromatic N) is 5. The second kappa shape index (κ2) is 9.73. The molecule has 1 heterocycles. The predicted molar refractivity (Wildman–Crippen MR) is 121 cm³/mol. The Bertz CT molecular complexity index is 908. The summed E-state index contributed by atoms with van der Waals surface area (Å²) >= 11 is 0. The predicted octanol–water partition coefficient (Wildman–Crippen LogP) is 4.14. The Balaban J connectivity index is 1.86. The molecule has 0 amide bonds. The van der Waals surface area contributed by atoms with Crippen LogP contribution in [-0.2, 0) is 6.54 Å². The second-order valence-electron chi connectivity index (χ2n) is 6.86. The average molecular weight is 392 g/mol. The summed E-state index contributed by atoms with van der Waals surface area (Å²) in [4.78, 5) is 18.0. The number of aromatic nitrogens is 3. The topological polar surface area (TPSA) is 69.2 Å². The minimum Gasteiger partial charge on any atom is -0.378 e. The molecule has 0 fully saturated rings. The maximum atomic E-state index is 4.64.